The molecule has 0 bridgehead atoms. The van der Waals surface area contributed by atoms with Gasteiger partial charge in [0.2, 0.25) is 0 Å². The molecule has 0 saturated heterocycles. The van der Waals surface area contributed by atoms with E-state index in [4.69, 9.17) is 9.47 Å². The van der Waals surface area contributed by atoms with E-state index in [2.05, 4.69) is 22.2 Å². The van der Waals surface area contributed by atoms with Crippen LogP contribution in [0, 0.1) is 0 Å². The van der Waals surface area contributed by atoms with Gasteiger partial charge >= 0.3 is 0 Å². The Morgan fingerprint density at radius 3 is 2.72 bits per heavy atom. The fraction of sp³-hybridized carbons (Fsp3) is 0.526. The molecule has 0 aromatic heterocycles. The Labute approximate surface area is 168 Å². The molecule has 25 heavy (non-hydrogen) atoms. The van der Waals surface area contributed by atoms with Crippen LogP contribution in [0.4, 0.5) is 0 Å². The maximum absolute atomic E-state index is 6.22. The number of hydrogen-bond donors (Lipinski definition) is 2. The minimum absolute atomic E-state index is 0. The zero-order chi connectivity index (χ0) is 17.2. The van der Waals surface area contributed by atoms with Crippen molar-refractivity contribution in [2.75, 3.05) is 20.2 Å². The van der Waals surface area contributed by atoms with Crippen LogP contribution in [0.15, 0.2) is 35.8 Å². The quantitative estimate of drug-likeness (QED) is 0.268. The average Bonchev–Trinajstić information content (AvgIpc) is 3.11. The van der Waals surface area contributed by atoms with Crippen LogP contribution in [0.1, 0.15) is 38.2 Å². The van der Waals surface area contributed by atoms with Gasteiger partial charge in [-0.1, -0.05) is 6.08 Å². The Morgan fingerprint density at radius 1 is 1.32 bits per heavy atom. The number of methoxy groups -OCH3 is 1. The Morgan fingerprint density at radius 2 is 2.08 bits per heavy atom. The van der Waals surface area contributed by atoms with Gasteiger partial charge in [0.25, 0.3) is 0 Å². The van der Waals surface area contributed by atoms with Crippen molar-refractivity contribution >= 4 is 29.9 Å². The molecular weight excluding hydrogens is 429 g/mol. The molecule has 5 nitrogen and oxygen atoms in total. The molecule has 1 saturated carbocycles. The number of guanidine groups is 1. The Bertz CT molecular complexity index is 558. The third-order valence-corrected chi connectivity index (χ3v) is 4.04. The second kappa shape index (κ2) is 12.0. The van der Waals surface area contributed by atoms with Gasteiger partial charge in [0.15, 0.2) is 5.96 Å². The van der Waals surface area contributed by atoms with Crippen molar-refractivity contribution in [3.05, 3.63) is 36.4 Å². The largest absolute Gasteiger partial charge is 0.497 e. The monoisotopic (exact) mass is 459 g/mol. The summed E-state index contributed by atoms with van der Waals surface area (Å²) >= 11 is 0. The fourth-order valence-corrected chi connectivity index (χ4v) is 2.76. The van der Waals surface area contributed by atoms with Gasteiger partial charge in [-0.3, -0.25) is 0 Å². The molecular formula is C19H30IN3O2. The summed E-state index contributed by atoms with van der Waals surface area (Å²) in [5.41, 5.74) is 1.07. The van der Waals surface area contributed by atoms with Crippen molar-refractivity contribution in [2.24, 2.45) is 4.99 Å². The number of benzene rings is 1. The van der Waals surface area contributed by atoms with Gasteiger partial charge in [0.1, 0.15) is 11.5 Å². The number of nitrogens with one attached hydrogen (secondary N) is 2. The maximum atomic E-state index is 6.22. The smallest absolute Gasteiger partial charge is 0.191 e. The number of aliphatic imine (C=N–C) groups is 1. The summed E-state index contributed by atoms with van der Waals surface area (Å²) in [4.78, 5) is 4.64. The molecule has 0 amide bonds. The van der Waals surface area contributed by atoms with Crippen LogP contribution in [0.3, 0.4) is 0 Å². The molecule has 2 rings (SSSR count). The Hall–Kier alpha value is -1.44. The van der Waals surface area contributed by atoms with Gasteiger partial charge < -0.3 is 20.1 Å². The van der Waals surface area contributed by atoms with E-state index in [1.807, 2.05) is 31.2 Å². The number of halogens is 1. The molecule has 1 aliphatic rings. The normalized spacial score (nSPS) is 14.6. The molecule has 0 unspecified atom stereocenters. The fourth-order valence-electron chi connectivity index (χ4n) is 2.76. The van der Waals surface area contributed by atoms with Crippen LogP contribution in [0.5, 0.6) is 11.5 Å². The van der Waals surface area contributed by atoms with Gasteiger partial charge in [-0.25, -0.2) is 4.99 Å². The van der Waals surface area contributed by atoms with E-state index >= 15 is 0 Å². The van der Waals surface area contributed by atoms with Crippen molar-refractivity contribution in [1.29, 1.82) is 0 Å². The maximum Gasteiger partial charge on any atom is 0.191 e. The minimum atomic E-state index is 0. The highest BCUT2D eigenvalue weighted by atomic mass is 127. The topological polar surface area (TPSA) is 54.9 Å². The van der Waals surface area contributed by atoms with Gasteiger partial charge in [-0.15, -0.1) is 30.6 Å². The van der Waals surface area contributed by atoms with Crippen molar-refractivity contribution in [3.8, 4) is 11.5 Å². The molecule has 1 aliphatic carbocycles. The lowest BCUT2D eigenvalue weighted by atomic mass is 10.2. The highest BCUT2D eigenvalue weighted by molar-refractivity contribution is 14.0. The molecule has 0 aliphatic heterocycles. The van der Waals surface area contributed by atoms with Gasteiger partial charge in [-0.05, 0) is 44.7 Å². The van der Waals surface area contributed by atoms with Crippen molar-refractivity contribution in [2.45, 2.75) is 45.3 Å². The summed E-state index contributed by atoms with van der Waals surface area (Å²) in [6, 6.07) is 5.95. The van der Waals surface area contributed by atoms with Crippen LogP contribution < -0.4 is 20.1 Å². The molecule has 6 heteroatoms. The first-order chi connectivity index (χ1) is 11.8. The van der Waals surface area contributed by atoms with Gasteiger partial charge in [-0.2, -0.15) is 0 Å². The number of nitrogens with zero attached hydrogens (tertiary/aromatic N) is 1. The first-order valence-corrected chi connectivity index (χ1v) is 8.73. The zero-order valence-corrected chi connectivity index (χ0v) is 17.5. The highest BCUT2D eigenvalue weighted by Gasteiger charge is 2.18. The Balaban J connectivity index is 0.00000312. The Kier molecular flexibility index (Phi) is 10.4. The first-order valence-electron chi connectivity index (χ1n) is 8.73. The molecule has 0 atom stereocenters. The molecule has 1 fully saturated rings. The molecule has 0 radical (unpaired) electrons. The van der Waals surface area contributed by atoms with E-state index in [-0.39, 0.29) is 24.0 Å². The van der Waals surface area contributed by atoms with Crippen molar-refractivity contribution < 1.29 is 9.47 Å². The third kappa shape index (κ3) is 7.13. The highest BCUT2D eigenvalue weighted by Crippen LogP contribution is 2.30. The van der Waals surface area contributed by atoms with Crippen molar-refractivity contribution in [1.82, 2.24) is 10.6 Å². The van der Waals surface area contributed by atoms with Crippen LogP contribution >= 0.6 is 24.0 Å². The lowest BCUT2D eigenvalue weighted by molar-refractivity contribution is 0.207. The minimum Gasteiger partial charge on any atom is -0.497 e. The van der Waals surface area contributed by atoms with E-state index in [9.17, 15) is 0 Å². The second-order valence-electron chi connectivity index (χ2n) is 5.86. The van der Waals surface area contributed by atoms with Crippen LogP contribution in [-0.4, -0.2) is 32.3 Å². The summed E-state index contributed by atoms with van der Waals surface area (Å²) in [6.07, 6.45) is 6.88. The predicted octanol–water partition coefficient (Wildman–Crippen LogP) is 3.88. The van der Waals surface area contributed by atoms with Crippen LogP contribution in [-0.2, 0) is 6.54 Å². The first kappa shape index (κ1) is 21.6. The molecule has 0 spiro atoms. The summed E-state index contributed by atoms with van der Waals surface area (Å²) in [6.45, 7) is 7.82. The average molecular weight is 459 g/mol. The van der Waals surface area contributed by atoms with E-state index in [0.29, 0.717) is 19.2 Å². The van der Waals surface area contributed by atoms with Gasteiger partial charge in [0, 0.05) is 24.7 Å². The van der Waals surface area contributed by atoms with Crippen LogP contribution in [0.25, 0.3) is 0 Å². The molecule has 2 N–H and O–H groups in total. The van der Waals surface area contributed by atoms with E-state index in [1.165, 1.54) is 12.8 Å². The lowest BCUT2D eigenvalue weighted by Gasteiger charge is -2.17. The van der Waals surface area contributed by atoms with E-state index < -0.39 is 0 Å². The summed E-state index contributed by atoms with van der Waals surface area (Å²) in [5.74, 6) is 2.47. The predicted molar refractivity (Wildman–Crippen MR) is 114 cm³/mol. The third-order valence-electron chi connectivity index (χ3n) is 4.04. The molecule has 140 valence electrons. The SMILES string of the molecule is C=CCNC(=NCc1ccc(OC)cc1OC1CCCC1)NCC.I. The van der Waals surface area contributed by atoms with Crippen molar-refractivity contribution in [3.63, 3.8) is 0 Å². The van der Waals surface area contributed by atoms with Gasteiger partial charge in [0.05, 0.1) is 19.8 Å². The number of ether oxygens (including phenoxy) is 2. The van der Waals surface area contributed by atoms with E-state index in [0.717, 1.165) is 42.4 Å². The zero-order valence-electron chi connectivity index (χ0n) is 15.2. The van der Waals surface area contributed by atoms with E-state index in [1.54, 1.807) is 7.11 Å². The summed E-state index contributed by atoms with van der Waals surface area (Å²) < 4.78 is 11.6. The molecule has 1 aromatic carbocycles. The molecule has 1 aromatic rings. The summed E-state index contributed by atoms with van der Waals surface area (Å²) in [7, 11) is 1.68. The van der Waals surface area contributed by atoms with Crippen LogP contribution in [0.2, 0.25) is 0 Å². The standard InChI is InChI=1S/C19H29N3O2.HI/c1-4-12-21-19(20-5-2)22-14-15-10-11-17(23-3)13-18(15)24-16-8-6-7-9-16;/h4,10-11,13,16H,1,5-9,12,14H2,2-3H3,(H2,20,21,22);1H. The summed E-state index contributed by atoms with van der Waals surface area (Å²) in [5, 5.41) is 6.44. The number of hydrogen-bond acceptors (Lipinski definition) is 3. The molecule has 0 heterocycles. The number of rotatable bonds is 8. The lowest BCUT2D eigenvalue weighted by Crippen LogP contribution is -2.37. The second-order valence-corrected chi connectivity index (χ2v) is 5.86.